The van der Waals surface area contributed by atoms with Crippen molar-refractivity contribution in [3.63, 3.8) is 0 Å². The number of likely N-dealkylation sites (tertiary alicyclic amines) is 1. The Kier molecular flexibility index (Phi) is 16.5. The summed E-state index contributed by atoms with van der Waals surface area (Å²) in [5, 5.41) is 20.3. The van der Waals surface area contributed by atoms with Gasteiger partial charge in [0.05, 0.1) is 17.2 Å². The van der Waals surface area contributed by atoms with Gasteiger partial charge in [0.15, 0.2) is 0 Å². The zero-order valence-corrected chi connectivity index (χ0v) is 31.2. The number of nitrogens with one attached hydrogen (secondary N) is 1. The predicted octanol–water partition coefficient (Wildman–Crippen LogP) is 7.25. The van der Waals surface area contributed by atoms with Crippen LogP contribution in [0.3, 0.4) is 0 Å². The first-order valence-corrected chi connectivity index (χ1v) is 18.0. The van der Waals surface area contributed by atoms with Crippen LogP contribution in [0.25, 0.3) is 11.1 Å². The zero-order valence-electron chi connectivity index (χ0n) is 30.5. The van der Waals surface area contributed by atoms with Gasteiger partial charge in [0.1, 0.15) is 36.5 Å². The van der Waals surface area contributed by atoms with Crippen LogP contribution in [0.15, 0.2) is 73.1 Å². The number of nitrogens with zero attached hydrogens (tertiary/aromatic N) is 4. The van der Waals surface area contributed by atoms with Crippen molar-refractivity contribution in [3.8, 4) is 34.4 Å². The molecule has 0 atom stereocenters. The quantitative estimate of drug-likeness (QED) is 0.103. The number of aliphatic hydroxyl groups is 1. The van der Waals surface area contributed by atoms with E-state index >= 15 is 0 Å². The maximum Gasteiger partial charge on any atom is 0.142 e. The molecule has 0 aliphatic carbocycles. The highest BCUT2D eigenvalue weighted by Crippen LogP contribution is 2.35. The molecule has 9 nitrogen and oxygen atoms in total. The fourth-order valence-electron chi connectivity index (χ4n) is 6.04. The molecule has 1 aromatic heterocycles. The van der Waals surface area contributed by atoms with Crippen molar-refractivity contribution >= 4 is 11.6 Å². The fourth-order valence-corrected chi connectivity index (χ4v) is 6.28. The first-order valence-electron chi connectivity index (χ1n) is 17.7. The second-order valence-electron chi connectivity index (χ2n) is 12.9. The molecule has 2 N–H and O–H groups in total. The van der Waals surface area contributed by atoms with Crippen molar-refractivity contribution in [2.45, 2.75) is 52.4 Å². The Morgan fingerprint density at radius 2 is 1.71 bits per heavy atom. The Morgan fingerprint density at radius 3 is 2.49 bits per heavy atom. The summed E-state index contributed by atoms with van der Waals surface area (Å²) in [6.45, 7) is 9.46. The van der Waals surface area contributed by atoms with Crippen molar-refractivity contribution in [1.29, 1.82) is 5.26 Å². The highest BCUT2D eigenvalue weighted by Gasteiger charge is 2.15. The smallest absolute Gasteiger partial charge is 0.142 e. The van der Waals surface area contributed by atoms with Gasteiger partial charge in [0.2, 0.25) is 0 Å². The Bertz CT molecular complexity index is 1700. The zero-order chi connectivity index (χ0) is 36.4. The summed E-state index contributed by atoms with van der Waals surface area (Å²) in [4.78, 5) is 8.86. The number of nitriles is 1. The molecule has 0 amide bonds. The number of hydrogen-bond donors (Lipinski definition) is 2. The first-order chi connectivity index (χ1) is 24.9. The molecule has 0 radical (unpaired) electrons. The average Bonchev–Trinajstić information content (AvgIpc) is 3.67. The van der Waals surface area contributed by atoms with Crippen LogP contribution < -0.4 is 19.5 Å². The van der Waals surface area contributed by atoms with E-state index in [9.17, 15) is 5.26 Å². The molecule has 2 heterocycles. The second kappa shape index (κ2) is 21.3. The molecule has 3 aromatic carbocycles. The lowest BCUT2D eigenvalue weighted by Gasteiger charge is -2.18. The third-order valence-electron chi connectivity index (χ3n) is 8.77. The van der Waals surface area contributed by atoms with E-state index in [1.54, 1.807) is 18.5 Å². The second-order valence-corrected chi connectivity index (χ2v) is 13.3. The normalized spacial score (nSPS) is 12.7. The first kappa shape index (κ1) is 39.6. The standard InChI is InChI=1S/C40H48ClN5O3.CH4O/c1-30-34(11-7-13-37(30)33-10-6-12-36(21-33)47-19-9-18-46-16-4-5-17-46)29-49-40-23-39(48-28-32-20-31(24-42)25-44-26-32)35(22-38(40)41)27-43-14-8-15-45(2)3;1-2/h6-7,10-13,20-23,25-26,43H,4-5,8-9,14-19,27-29H2,1-3H3;2H,1H3. The molecule has 0 bridgehead atoms. The molecular weight excluding hydrogens is 662 g/mol. The van der Waals surface area contributed by atoms with E-state index in [1.807, 2.05) is 18.2 Å². The van der Waals surface area contributed by atoms with Gasteiger partial charge < -0.3 is 34.4 Å². The molecule has 4 aromatic rings. The summed E-state index contributed by atoms with van der Waals surface area (Å²) < 4.78 is 18.8. The number of benzene rings is 3. The molecule has 272 valence electrons. The van der Waals surface area contributed by atoms with Gasteiger partial charge in [-0.3, -0.25) is 4.98 Å². The Morgan fingerprint density at radius 1 is 0.922 bits per heavy atom. The van der Waals surface area contributed by atoms with Gasteiger partial charge in [-0.1, -0.05) is 41.9 Å². The van der Waals surface area contributed by atoms with Crippen molar-refractivity contribution in [1.82, 2.24) is 20.1 Å². The highest BCUT2D eigenvalue weighted by molar-refractivity contribution is 6.32. The maximum absolute atomic E-state index is 9.29. The molecule has 0 spiro atoms. The molecular formula is C41H52ClN5O4. The number of hydrogen-bond acceptors (Lipinski definition) is 9. The third kappa shape index (κ3) is 12.5. The van der Waals surface area contributed by atoms with E-state index in [0.29, 0.717) is 41.8 Å². The van der Waals surface area contributed by atoms with Gasteiger partial charge in [-0.2, -0.15) is 5.26 Å². The number of aliphatic hydroxyl groups excluding tert-OH is 1. The molecule has 1 fully saturated rings. The van der Waals surface area contributed by atoms with Crippen LogP contribution in [0.5, 0.6) is 17.2 Å². The molecule has 10 heteroatoms. The summed E-state index contributed by atoms with van der Waals surface area (Å²) in [7, 11) is 5.15. The van der Waals surface area contributed by atoms with Crippen molar-refractivity contribution in [2.24, 2.45) is 0 Å². The SMILES string of the molecule is CO.Cc1c(COc2cc(OCc3cncc(C#N)c3)c(CNCCCN(C)C)cc2Cl)cccc1-c1cccc(OCCCN2CCCC2)c1. The van der Waals surface area contributed by atoms with Gasteiger partial charge in [0.25, 0.3) is 0 Å². The van der Waals surface area contributed by atoms with E-state index < -0.39 is 0 Å². The molecule has 0 saturated carbocycles. The van der Waals surface area contributed by atoms with Crippen LogP contribution in [-0.4, -0.2) is 80.4 Å². The Hall–Kier alpha value is -4.17. The average molecular weight is 714 g/mol. The van der Waals surface area contributed by atoms with E-state index in [1.165, 1.54) is 25.9 Å². The lowest BCUT2D eigenvalue weighted by Crippen LogP contribution is -2.21. The molecule has 5 rings (SSSR count). The largest absolute Gasteiger partial charge is 0.494 e. The molecule has 0 unspecified atom stereocenters. The van der Waals surface area contributed by atoms with Gasteiger partial charge in [-0.25, -0.2) is 0 Å². The molecule has 1 saturated heterocycles. The summed E-state index contributed by atoms with van der Waals surface area (Å²) in [6, 6.07) is 22.3. The number of pyridine rings is 1. The maximum atomic E-state index is 9.29. The molecule has 51 heavy (non-hydrogen) atoms. The van der Waals surface area contributed by atoms with Crippen molar-refractivity contribution in [3.05, 3.63) is 106 Å². The van der Waals surface area contributed by atoms with Crippen LogP contribution in [0.4, 0.5) is 0 Å². The highest BCUT2D eigenvalue weighted by atomic mass is 35.5. The summed E-state index contributed by atoms with van der Waals surface area (Å²) in [5.74, 6) is 2.11. The Labute approximate surface area is 308 Å². The number of rotatable bonds is 18. The topological polar surface area (TPSA) is 103 Å². The van der Waals surface area contributed by atoms with E-state index in [4.69, 9.17) is 30.9 Å². The number of ether oxygens (including phenoxy) is 3. The van der Waals surface area contributed by atoms with Gasteiger partial charge in [0, 0.05) is 49.8 Å². The summed E-state index contributed by atoms with van der Waals surface area (Å²) in [6.07, 6.45) is 7.94. The predicted molar refractivity (Wildman–Crippen MR) is 204 cm³/mol. The number of halogens is 1. The fraction of sp³-hybridized carbons (Fsp3) is 0.415. The summed E-state index contributed by atoms with van der Waals surface area (Å²) in [5.41, 5.74) is 6.70. The van der Waals surface area contributed by atoms with Crippen LogP contribution in [0.1, 0.15) is 53.5 Å². The Balaban J connectivity index is 0.00000286. The van der Waals surface area contributed by atoms with Gasteiger partial charge in [-0.05, 0) is 119 Å². The van der Waals surface area contributed by atoms with Crippen molar-refractivity contribution in [2.75, 3.05) is 60.5 Å². The minimum atomic E-state index is 0.263. The monoisotopic (exact) mass is 713 g/mol. The van der Waals surface area contributed by atoms with Crippen LogP contribution in [0.2, 0.25) is 5.02 Å². The lowest BCUT2D eigenvalue weighted by atomic mass is 9.96. The minimum absolute atomic E-state index is 0.263. The van der Waals surface area contributed by atoms with Gasteiger partial charge in [-0.15, -0.1) is 0 Å². The third-order valence-corrected chi connectivity index (χ3v) is 9.06. The van der Waals surface area contributed by atoms with Crippen LogP contribution in [-0.2, 0) is 19.8 Å². The van der Waals surface area contributed by atoms with Crippen LogP contribution >= 0.6 is 11.6 Å². The van der Waals surface area contributed by atoms with Gasteiger partial charge >= 0.3 is 0 Å². The van der Waals surface area contributed by atoms with Crippen LogP contribution in [0, 0.1) is 18.3 Å². The molecule has 1 aliphatic rings. The van der Waals surface area contributed by atoms with E-state index in [-0.39, 0.29) is 6.61 Å². The van der Waals surface area contributed by atoms with Crippen molar-refractivity contribution < 1.29 is 19.3 Å². The minimum Gasteiger partial charge on any atom is -0.494 e. The summed E-state index contributed by atoms with van der Waals surface area (Å²) >= 11 is 6.80. The van der Waals surface area contributed by atoms with E-state index in [0.717, 1.165) is 78.7 Å². The molecule has 1 aliphatic heterocycles. The number of aromatic nitrogens is 1. The van der Waals surface area contributed by atoms with E-state index in [2.05, 4.69) is 83.6 Å². The lowest BCUT2D eigenvalue weighted by molar-refractivity contribution is 0.263.